The van der Waals surface area contributed by atoms with Crippen LogP contribution in [0.15, 0.2) is 30.6 Å². The lowest BCUT2D eigenvalue weighted by molar-refractivity contribution is -0.276. The average Bonchev–Trinajstić information content (AvgIpc) is 3.30. The van der Waals surface area contributed by atoms with E-state index in [0.717, 1.165) is 44.9 Å². The third kappa shape index (κ3) is 2.52. The molecule has 0 aromatic carbocycles. The van der Waals surface area contributed by atoms with Crippen molar-refractivity contribution in [3.8, 4) is 0 Å². The third-order valence-electron chi connectivity index (χ3n) is 10.2. The number of rotatable bonds is 2. The number of ether oxygens (including phenoxy) is 1. The Balaban J connectivity index is 1.40. The van der Waals surface area contributed by atoms with Gasteiger partial charge < -0.3 is 19.8 Å². The lowest BCUT2D eigenvalue weighted by Gasteiger charge is -2.65. The quantitative estimate of drug-likeness (QED) is 0.662. The Morgan fingerprint density at radius 3 is 2.53 bits per heavy atom. The van der Waals surface area contributed by atoms with Gasteiger partial charge in [0.25, 0.3) is 0 Å². The number of aliphatic hydroxyl groups excluding tert-OH is 2. The van der Waals surface area contributed by atoms with Gasteiger partial charge in [0.2, 0.25) is 0 Å². The van der Waals surface area contributed by atoms with Gasteiger partial charge in [0.1, 0.15) is 0 Å². The molecule has 2 bridgehead atoms. The predicted octanol–water partition coefficient (Wildman–Crippen LogP) is 3.63. The highest BCUT2D eigenvalue weighted by Crippen LogP contribution is 2.73. The Bertz CT molecular complexity index is 956. The van der Waals surface area contributed by atoms with Crippen molar-refractivity contribution in [1.82, 2.24) is 9.88 Å². The van der Waals surface area contributed by atoms with E-state index in [9.17, 15) is 10.2 Å². The largest absolute Gasteiger partial charge is 0.390 e. The lowest BCUT2D eigenvalue weighted by atomic mass is 9.52. The molecule has 6 heteroatoms. The second kappa shape index (κ2) is 6.79. The van der Waals surface area contributed by atoms with E-state index >= 15 is 0 Å². The number of fused-ring (bicyclic) bond motifs is 1. The molecule has 0 amide bonds. The van der Waals surface area contributed by atoms with Crippen molar-refractivity contribution < 1.29 is 14.9 Å². The molecular formula is C26H35ClN2O3. The van der Waals surface area contributed by atoms with E-state index in [2.05, 4.69) is 30.1 Å². The number of hydrogen-bond donors (Lipinski definition) is 2. The van der Waals surface area contributed by atoms with Gasteiger partial charge in [-0.1, -0.05) is 13.0 Å². The predicted molar refractivity (Wildman–Crippen MR) is 124 cm³/mol. The van der Waals surface area contributed by atoms with Crippen LogP contribution < -0.4 is 0 Å². The standard InChI is InChI=1S/C26H35ClN2O3/c1-23-8-10-25(27)14-18-21(30)22(31)19(29(2)3)15-24(18)9-11-26(25,32-24)20(23)5-4-17(23)16-6-12-28-13-7-16/h4,6-7,12-13,18-22,30-31H,5,8-11,14-15H2,1-3H3/t18?,19-,20?,21+,22+,23+,24+,25?,26-/m0/s1. The van der Waals surface area contributed by atoms with Gasteiger partial charge in [-0.15, -0.1) is 11.6 Å². The van der Waals surface area contributed by atoms with Crippen molar-refractivity contribution in [3.05, 3.63) is 36.2 Å². The molecule has 2 saturated carbocycles. The summed E-state index contributed by atoms with van der Waals surface area (Å²) in [6.07, 6.45) is 10.8. The Kier molecular flexibility index (Phi) is 4.57. The first-order valence-corrected chi connectivity index (χ1v) is 12.6. The summed E-state index contributed by atoms with van der Waals surface area (Å²) < 4.78 is 7.27. The van der Waals surface area contributed by atoms with Gasteiger partial charge in [-0.3, -0.25) is 4.98 Å². The lowest BCUT2D eigenvalue weighted by Crippen LogP contribution is -2.72. The molecule has 3 unspecified atom stereocenters. The highest BCUT2D eigenvalue weighted by atomic mass is 35.5. The number of allylic oxidation sites excluding steroid dienone is 2. The van der Waals surface area contributed by atoms with Gasteiger partial charge in [0.05, 0.1) is 28.3 Å². The van der Waals surface area contributed by atoms with Crippen molar-refractivity contribution in [1.29, 1.82) is 0 Å². The Labute approximate surface area is 195 Å². The van der Waals surface area contributed by atoms with Crippen LogP contribution in [0.4, 0.5) is 0 Å². The number of halogens is 1. The summed E-state index contributed by atoms with van der Waals surface area (Å²) >= 11 is 7.55. The molecule has 2 N–H and O–H groups in total. The van der Waals surface area contributed by atoms with Gasteiger partial charge in [-0.2, -0.15) is 0 Å². The molecule has 3 aliphatic carbocycles. The first-order chi connectivity index (χ1) is 15.2. The molecule has 2 spiro atoms. The van der Waals surface area contributed by atoms with Gasteiger partial charge in [-0.25, -0.2) is 0 Å². The number of aromatic nitrogens is 1. The van der Waals surface area contributed by atoms with Crippen molar-refractivity contribution in [2.75, 3.05) is 14.1 Å². The van der Waals surface area contributed by atoms with Crippen LogP contribution in [0.1, 0.15) is 57.4 Å². The zero-order chi connectivity index (χ0) is 22.5. The topological polar surface area (TPSA) is 65.8 Å². The molecule has 2 aliphatic heterocycles. The first kappa shape index (κ1) is 21.5. The number of hydrogen-bond acceptors (Lipinski definition) is 5. The fourth-order valence-electron chi connectivity index (χ4n) is 8.54. The second-order valence-electron chi connectivity index (χ2n) is 11.6. The molecule has 174 valence electrons. The fraction of sp³-hybridized carbons (Fsp3) is 0.731. The summed E-state index contributed by atoms with van der Waals surface area (Å²) in [7, 11) is 3.97. The van der Waals surface area contributed by atoms with Crippen LogP contribution in [-0.2, 0) is 4.74 Å². The molecule has 32 heavy (non-hydrogen) atoms. The minimum atomic E-state index is -0.801. The Morgan fingerprint density at radius 2 is 1.81 bits per heavy atom. The number of nitrogens with zero attached hydrogens (tertiary/aromatic N) is 2. The number of aliphatic hydroxyl groups is 2. The maximum absolute atomic E-state index is 11.2. The van der Waals surface area contributed by atoms with E-state index in [1.54, 1.807) is 0 Å². The average molecular weight is 459 g/mol. The highest BCUT2D eigenvalue weighted by Gasteiger charge is 2.76. The van der Waals surface area contributed by atoms with Crippen molar-refractivity contribution in [2.24, 2.45) is 17.3 Å². The van der Waals surface area contributed by atoms with Crippen molar-refractivity contribution in [3.63, 3.8) is 0 Å². The number of pyridine rings is 1. The van der Waals surface area contributed by atoms with Crippen molar-refractivity contribution in [2.45, 2.75) is 86.2 Å². The van der Waals surface area contributed by atoms with Crippen LogP contribution in [0.3, 0.4) is 0 Å². The highest BCUT2D eigenvalue weighted by molar-refractivity contribution is 6.25. The molecule has 1 aromatic rings. The second-order valence-corrected chi connectivity index (χ2v) is 12.3. The summed E-state index contributed by atoms with van der Waals surface area (Å²) in [6.45, 7) is 2.41. The van der Waals surface area contributed by atoms with E-state index in [-0.39, 0.29) is 23.0 Å². The van der Waals surface area contributed by atoms with Crippen LogP contribution in [0.2, 0.25) is 0 Å². The van der Waals surface area contributed by atoms with E-state index in [1.807, 2.05) is 31.4 Å². The van der Waals surface area contributed by atoms with Gasteiger partial charge in [-0.05, 0) is 87.7 Å². The van der Waals surface area contributed by atoms with Gasteiger partial charge in [0, 0.05) is 30.3 Å². The van der Waals surface area contributed by atoms with Gasteiger partial charge in [0.15, 0.2) is 0 Å². The monoisotopic (exact) mass is 458 g/mol. The fourth-order valence-corrected chi connectivity index (χ4v) is 9.07. The SMILES string of the molecule is CN(C)[C@H]1C[C@@]23CC[C@]4(O2)C2CC=C(c5ccncc5)[C@@]2(C)CCC4(Cl)CC3[C@@H](O)[C@@H]1O. The molecule has 9 atom stereocenters. The molecule has 5 aliphatic rings. The maximum Gasteiger partial charge on any atom is 0.0958 e. The smallest absolute Gasteiger partial charge is 0.0958 e. The minimum Gasteiger partial charge on any atom is -0.390 e. The molecule has 2 saturated heterocycles. The van der Waals surface area contributed by atoms with E-state index in [4.69, 9.17) is 16.3 Å². The normalized spacial score (nSPS) is 51.7. The van der Waals surface area contributed by atoms with Crippen molar-refractivity contribution >= 4 is 17.2 Å². The molecule has 1 aromatic heterocycles. The maximum atomic E-state index is 11.2. The van der Waals surface area contributed by atoms with Gasteiger partial charge >= 0.3 is 0 Å². The van der Waals surface area contributed by atoms with Crippen LogP contribution in [0.25, 0.3) is 5.57 Å². The third-order valence-corrected chi connectivity index (χ3v) is 10.9. The molecule has 6 rings (SSSR count). The molecule has 4 fully saturated rings. The summed E-state index contributed by atoms with van der Waals surface area (Å²) in [4.78, 5) is 5.76. The van der Waals surface area contributed by atoms with E-state index in [0.29, 0.717) is 5.92 Å². The Morgan fingerprint density at radius 1 is 1.06 bits per heavy atom. The summed E-state index contributed by atoms with van der Waals surface area (Å²) in [5.41, 5.74) is 1.90. The Hall–Kier alpha value is -0.980. The summed E-state index contributed by atoms with van der Waals surface area (Å²) in [5, 5.41) is 22.1. The van der Waals surface area contributed by atoms with E-state index in [1.165, 1.54) is 11.1 Å². The molecule has 0 radical (unpaired) electrons. The van der Waals surface area contributed by atoms with Crippen LogP contribution in [0.5, 0.6) is 0 Å². The number of alkyl halides is 1. The van der Waals surface area contributed by atoms with Crippen LogP contribution in [0, 0.1) is 17.3 Å². The summed E-state index contributed by atoms with van der Waals surface area (Å²) in [5.74, 6) is 0.215. The summed E-state index contributed by atoms with van der Waals surface area (Å²) in [6, 6.07) is 4.13. The zero-order valence-electron chi connectivity index (χ0n) is 19.3. The first-order valence-electron chi connectivity index (χ1n) is 12.2. The zero-order valence-corrected chi connectivity index (χ0v) is 20.1. The van der Waals surface area contributed by atoms with E-state index < -0.39 is 22.7 Å². The minimum absolute atomic E-state index is 0.0197. The molecular weight excluding hydrogens is 424 g/mol. The van der Waals surface area contributed by atoms with Crippen LogP contribution in [-0.4, -0.2) is 68.5 Å². The number of likely N-dealkylation sites (N-methyl/N-ethyl adjacent to an activating group) is 1. The molecule has 5 nitrogen and oxygen atoms in total. The molecule has 3 heterocycles. The van der Waals surface area contributed by atoms with Crippen LogP contribution >= 0.6 is 11.6 Å².